The van der Waals surface area contributed by atoms with Crippen LogP contribution in [0.3, 0.4) is 0 Å². The number of carbonyl (C=O) groups excluding carboxylic acids is 3. The summed E-state index contributed by atoms with van der Waals surface area (Å²) in [5.74, 6) is 2.24. The molecule has 1 saturated carbocycles. The molecule has 60 heavy (non-hydrogen) atoms. The summed E-state index contributed by atoms with van der Waals surface area (Å²) in [5.41, 5.74) is 7.07. The SMILES string of the molecule is C=Cc1ccc(C)cc1.CC(=O)C1CCCCC1.CC(=O)c1ccccc1.CC(C)=O.Cc1ccc(C(C)C)cc1.Cc1ccc(OC2C(CO)OC(O)C(O)C2O)cc1. The number of Topliss-reactive ketones (excluding diaryl/α,β-unsaturated/α-hetero) is 3. The fourth-order valence-electron chi connectivity index (χ4n) is 5.82. The second kappa shape index (κ2) is 29.5. The van der Waals surface area contributed by atoms with Crippen molar-refractivity contribution < 1.29 is 44.3 Å². The van der Waals surface area contributed by atoms with Crippen LogP contribution in [0, 0.1) is 26.7 Å². The number of ether oxygens (including phenoxy) is 2. The molecule has 6 rings (SSSR count). The minimum atomic E-state index is -1.54. The van der Waals surface area contributed by atoms with E-state index >= 15 is 0 Å². The molecule has 9 nitrogen and oxygen atoms in total. The van der Waals surface area contributed by atoms with Crippen molar-refractivity contribution in [2.75, 3.05) is 6.61 Å². The van der Waals surface area contributed by atoms with Gasteiger partial charge in [0.05, 0.1) is 6.61 Å². The van der Waals surface area contributed by atoms with Crippen molar-refractivity contribution in [2.24, 2.45) is 5.92 Å². The first-order valence-electron chi connectivity index (χ1n) is 20.7. The molecule has 0 amide bonds. The van der Waals surface area contributed by atoms with Crippen LogP contribution in [-0.2, 0) is 14.3 Å². The lowest BCUT2D eigenvalue weighted by atomic mass is 9.87. The summed E-state index contributed by atoms with van der Waals surface area (Å²) in [7, 11) is 0. The summed E-state index contributed by atoms with van der Waals surface area (Å²) in [5, 5.41) is 38.0. The standard InChI is InChI=1S/C13H18O6.C10H14.C9H10.C8H14O.C8H8O.C3H6O/c1-7-2-4-8(5-3-7)18-12-9(6-14)19-13(17)11(16)10(12)15;1-8(2)10-6-4-9(3)5-7-10;1-3-9-6-4-8(2)5-7-9;2*1-7(9)8-5-3-2-4-6-8;1-3(2)4/h2-5,9-17H,6H2,1H3;4-8H,1-3H3;3-7H,1H2,2H3;8H,2-6H2,1H3;2-6H,1H3;1-2H3. The van der Waals surface area contributed by atoms with E-state index in [0.29, 0.717) is 23.4 Å². The Hall–Kier alpha value is -4.77. The molecular weight excluding hydrogens is 757 g/mol. The van der Waals surface area contributed by atoms with Crippen LogP contribution in [0.25, 0.3) is 6.08 Å². The van der Waals surface area contributed by atoms with E-state index in [-0.39, 0.29) is 11.6 Å². The molecule has 1 saturated heterocycles. The van der Waals surface area contributed by atoms with Crippen molar-refractivity contribution >= 4 is 23.4 Å². The van der Waals surface area contributed by atoms with E-state index < -0.39 is 37.3 Å². The highest BCUT2D eigenvalue weighted by molar-refractivity contribution is 5.93. The van der Waals surface area contributed by atoms with Gasteiger partial charge in [0.2, 0.25) is 0 Å². The highest BCUT2D eigenvalue weighted by atomic mass is 16.7. The summed E-state index contributed by atoms with van der Waals surface area (Å²) in [6.45, 7) is 20.1. The first-order chi connectivity index (χ1) is 28.4. The number of ketones is 3. The molecule has 0 bridgehead atoms. The van der Waals surface area contributed by atoms with Gasteiger partial charge in [0.15, 0.2) is 18.2 Å². The highest BCUT2D eigenvalue weighted by Crippen LogP contribution is 2.25. The van der Waals surface area contributed by atoms with Gasteiger partial charge in [0.1, 0.15) is 35.6 Å². The molecule has 4 N–H and O–H groups in total. The molecule has 5 atom stereocenters. The normalized spacial score (nSPS) is 19.3. The van der Waals surface area contributed by atoms with Crippen LogP contribution in [0.1, 0.15) is 118 Å². The molecule has 9 heteroatoms. The van der Waals surface area contributed by atoms with Gasteiger partial charge in [-0.05, 0) is 90.5 Å². The predicted octanol–water partition coefficient (Wildman–Crippen LogP) is 9.57. The fraction of sp³-hybridized carbons (Fsp3) is 0.431. The summed E-state index contributed by atoms with van der Waals surface area (Å²) in [6, 6.07) is 33.3. The topological polar surface area (TPSA) is 151 Å². The van der Waals surface area contributed by atoms with E-state index in [1.807, 2.05) is 55.5 Å². The molecule has 0 aromatic heterocycles. The average molecular weight is 827 g/mol. The summed E-state index contributed by atoms with van der Waals surface area (Å²) in [4.78, 5) is 30.9. The zero-order valence-electron chi connectivity index (χ0n) is 37.2. The average Bonchev–Trinajstić information content (AvgIpc) is 3.23. The Morgan fingerprint density at radius 2 is 1.18 bits per heavy atom. The van der Waals surface area contributed by atoms with Crippen molar-refractivity contribution in [1.82, 2.24) is 0 Å². The van der Waals surface area contributed by atoms with Crippen molar-refractivity contribution in [3.63, 3.8) is 0 Å². The summed E-state index contributed by atoms with van der Waals surface area (Å²) < 4.78 is 10.5. The highest BCUT2D eigenvalue weighted by Gasteiger charge is 2.45. The van der Waals surface area contributed by atoms with Crippen LogP contribution in [-0.4, -0.2) is 75.1 Å². The van der Waals surface area contributed by atoms with Gasteiger partial charge in [-0.1, -0.05) is 153 Å². The smallest absolute Gasteiger partial charge is 0.184 e. The maximum atomic E-state index is 10.8. The van der Waals surface area contributed by atoms with Crippen molar-refractivity contribution in [2.45, 2.75) is 131 Å². The van der Waals surface area contributed by atoms with Gasteiger partial charge in [-0.3, -0.25) is 9.59 Å². The number of benzene rings is 4. The van der Waals surface area contributed by atoms with E-state index in [1.165, 1.54) is 55.4 Å². The van der Waals surface area contributed by atoms with Crippen molar-refractivity contribution in [3.8, 4) is 5.75 Å². The van der Waals surface area contributed by atoms with E-state index in [9.17, 15) is 34.8 Å². The summed E-state index contributed by atoms with van der Waals surface area (Å²) in [6.07, 6.45) is 1.80. The lowest BCUT2D eigenvalue weighted by molar-refractivity contribution is -0.282. The first-order valence-corrected chi connectivity index (χ1v) is 20.7. The van der Waals surface area contributed by atoms with Gasteiger partial charge in [-0.25, -0.2) is 0 Å². The largest absolute Gasteiger partial charge is 0.485 e. The number of hydrogen-bond donors (Lipinski definition) is 4. The Morgan fingerprint density at radius 1 is 0.717 bits per heavy atom. The molecular formula is C51H70O9. The molecule has 4 aromatic carbocycles. The van der Waals surface area contributed by atoms with Crippen LogP contribution >= 0.6 is 0 Å². The molecule has 0 spiro atoms. The number of hydrogen-bond acceptors (Lipinski definition) is 9. The zero-order valence-corrected chi connectivity index (χ0v) is 37.2. The van der Waals surface area contributed by atoms with Crippen LogP contribution in [0.4, 0.5) is 0 Å². The van der Waals surface area contributed by atoms with Gasteiger partial charge in [-0.2, -0.15) is 0 Å². The van der Waals surface area contributed by atoms with Crippen LogP contribution in [0.5, 0.6) is 5.75 Å². The molecule has 4 aromatic rings. The maximum absolute atomic E-state index is 10.8. The van der Waals surface area contributed by atoms with Crippen LogP contribution < -0.4 is 4.74 Å². The number of aliphatic hydroxyl groups excluding tert-OH is 4. The molecule has 0 radical (unpaired) electrons. The van der Waals surface area contributed by atoms with E-state index in [1.54, 1.807) is 26.0 Å². The Bertz CT molecular complexity index is 1770. The first kappa shape index (κ1) is 53.2. The third kappa shape index (κ3) is 22.0. The number of aryl methyl sites for hydroxylation is 3. The summed E-state index contributed by atoms with van der Waals surface area (Å²) >= 11 is 0. The Kier molecular flexibility index (Phi) is 26.1. The van der Waals surface area contributed by atoms with E-state index in [2.05, 4.69) is 82.8 Å². The van der Waals surface area contributed by atoms with Crippen LogP contribution in [0.2, 0.25) is 0 Å². The Morgan fingerprint density at radius 3 is 1.57 bits per heavy atom. The number of aliphatic hydroxyl groups is 4. The fourth-order valence-corrected chi connectivity index (χ4v) is 5.82. The van der Waals surface area contributed by atoms with Gasteiger partial charge >= 0.3 is 0 Å². The Balaban J connectivity index is 0.000000381. The molecule has 2 fully saturated rings. The lowest BCUT2D eigenvalue weighted by Crippen LogP contribution is -2.60. The minimum absolute atomic E-state index is 0.121. The quantitative estimate of drug-likeness (QED) is 0.134. The van der Waals surface area contributed by atoms with E-state index in [0.717, 1.165) is 24.0 Å². The second-order valence-corrected chi connectivity index (χ2v) is 15.6. The number of carbonyl (C=O) groups is 3. The van der Waals surface area contributed by atoms with Crippen LogP contribution in [0.15, 0.2) is 110 Å². The molecule has 1 aliphatic carbocycles. The van der Waals surface area contributed by atoms with Gasteiger partial charge < -0.3 is 34.7 Å². The van der Waals surface area contributed by atoms with Gasteiger partial charge in [-0.15, -0.1) is 0 Å². The third-order valence-electron chi connectivity index (χ3n) is 9.55. The van der Waals surface area contributed by atoms with Crippen molar-refractivity contribution in [1.29, 1.82) is 0 Å². The lowest BCUT2D eigenvalue weighted by Gasteiger charge is -2.40. The van der Waals surface area contributed by atoms with E-state index in [4.69, 9.17) is 9.47 Å². The maximum Gasteiger partial charge on any atom is 0.184 e. The van der Waals surface area contributed by atoms with Gasteiger partial charge in [0, 0.05) is 11.5 Å². The monoisotopic (exact) mass is 827 g/mol. The third-order valence-corrected chi connectivity index (χ3v) is 9.55. The predicted molar refractivity (Wildman–Crippen MR) is 242 cm³/mol. The minimum Gasteiger partial charge on any atom is -0.485 e. The molecule has 1 aliphatic heterocycles. The molecule has 5 unspecified atom stereocenters. The molecule has 2 aliphatic rings. The van der Waals surface area contributed by atoms with Gasteiger partial charge in [0.25, 0.3) is 0 Å². The van der Waals surface area contributed by atoms with Crippen molar-refractivity contribution in [3.05, 3.63) is 143 Å². The Labute approximate surface area is 359 Å². The second-order valence-electron chi connectivity index (χ2n) is 15.6. The number of rotatable bonds is 7. The molecule has 1 heterocycles. The molecule has 328 valence electrons. The zero-order chi connectivity index (χ0) is 45.2.